The number of hydrogen-bond acceptors (Lipinski definition) is 12. The molecule has 8 rings (SSSR count). The Hall–Kier alpha value is -5.69. The number of aryl methyl sites for hydroxylation is 1. The van der Waals surface area contributed by atoms with E-state index in [-0.39, 0.29) is 37.1 Å². The van der Waals surface area contributed by atoms with Gasteiger partial charge in [0.15, 0.2) is 0 Å². The number of benzene rings is 1. The molecule has 3 fully saturated rings. The van der Waals surface area contributed by atoms with Gasteiger partial charge < -0.3 is 39.4 Å². The van der Waals surface area contributed by atoms with Gasteiger partial charge in [-0.3, -0.25) is 29.2 Å². The lowest BCUT2D eigenvalue weighted by Crippen LogP contribution is -2.62. The second-order valence-electron chi connectivity index (χ2n) is 19.6. The molecule has 0 unspecified atom stereocenters. The van der Waals surface area contributed by atoms with Crippen LogP contribution in [0.15, 0.2) is 54.1 Å². The number of thiazole rings is 1. The summed E-state index contributed by atoms with van der Waals surface area (Å²) in [6.45, 7) is 16.9. The molecule has 4 aliphatic rings. The number of fused-ring (bicyclic) bond motifs is 6. The standard InChI is InChI=1S/C50H66N10O7S/c1-10-59-40-18-17-31-22-34(40)35(44(59)33-15-11-19-51-42(33)30(4)66-9)24-50(5,6)28-67-48(64)36-16-13-21-60(55-36)47(63)37(23-41-53-39(31)27-68-41)54-45(61)43(29(2)3)57(8)49(65)56(7)32-14-12-20-58(26-32)46(62)38-25-52-38/h11,15,17-19,22,27,30,32,36-38,43,52,55H,2,10,12-14,16,20-21,23-26,28H2,1,3-9H3,(H,54,61)/t30-,32-,36-,37-,38+,43-/m0/s1. The highest BCUT2D eigenvalue weighted by atomic mass is 32.1. The monoisotopic (exact) mass is 950 g/mol. The van der Waals surface area contributed by atoms with Crippen molar-refractivity contribution in [1.29, 1.82) is 0 Å². The maximum absolute atomic E-state index is 14.7. The molecule has 18 heteroatoms. The van der Waals surface area contributed by atoms with E-state index in [1.807, 2.05) is 18.4 Å². The summed E-state index contributed by atoms with van der Waals surface area (Å²) in [5, 5.41) is 11.1. The largest absolute Gasteiger partial charge is 0.464 e. The zero-order chi connectivity index (χ0) is 48.6. The van der Waals surface area contributed by atoms with Crippen molar-refractivity contribution in [2.45, 2.75) is 116 Å². The fourth-order valence-corrected chi connectivity index (χ4v) is 10.8. The number of carbonyl (C=O) groups excluding carboxylic acids is 5. The Bertz CT molecular complexity index is 2590. The van der Waals surface area contributed by atoms with Gasteiger partial charge in [0.25, 0.3) is 5.91 Å². The number of esters is 1. The number of likely N-dealkylation sites (tertiary alicyclic amines) is 1. The first-order valence-electron chi connectivity index (χ1n) is 23.8. The van der Waals surface area contributed by atoms with Crippen LogP contribution in [0, 0.1) is 5.41 Å². The maximum atomic E-state index is 14.7. The van der Waals surface area contributed by atoms with E-state index in [0.717, 1.165) is 51.1 Å². The fourth-order valence-electron chi connectivity index (χ4n) is 9.99. The third kappa shape index (κ3) is 10.0. The number of nitrogens with one attached hydrogen (secondary N) is 3. The van der Waals surface area contributed by atoms with Crippen molar-refractivity contribution in [2.24, 2.45) is 5.41 Å². The lowest BCUT2D eigenvalue weighted by atomic mass is 9.84. The molecule has 0 spiro atoms. The number of hydrogen-bond donors (Lipinski definition) is 3. The van der Waals surface area contributed by atoms with Crippen LogP contribution < -0.4 is 16.1 Å². The Kier molecular flexibility index (Phi) is 14.4. The van der Waals surface area contributed by atoms with Crippen LogP contribution in [0.3, 0.4) is 0 Å². The molecule has 4 aliphatic heterocycles. The SMILES string of the molecule is C=C(C)[C@@H](C(=O)N[C@H]1Cc2nc(cs2)-c2ccc3c(c2)c(c(-c2cccnc2[C@H](C)OC)n3CC)CC(C)(C)COC(=O)[C@@H]2CCCN(N2)C1=O)N(C)C(=O)N(C)[C@H]1CCCN(C(=O)[C@H]2CN2)C1. The molecule has 17 nitrogen and oxygen atoms in total. The van der Waals surface area contributed by atoms with E-state index < -0.39 is 47.4 Å². The Balaban J connectivity index is 1.13. The van der Waals surface area contributed by atoms with Crippen molar-refractivity contribution in [3.05, 3.63) is 70.3 Å². The number of carbonyl (C=O) groups is 5. The van der Waals surface area contributed by atoms with Crippen LogP contribution >= 0.6 is 11.3 Å². The first kappa shape index (κ1) is 48.8. The van der Waals surface area contributed by atoms with Gasteiger partial charge in [0, 0.05) is 99.4 Å². The molecule has 0 radical (unpaired) electrons. The summed E-state index contributed by atoms with van der Waals surface area (Å²) in [6.07, 6.45) is 4.59. The summed E-state index contributed by atoms with van der Waals surface area (Å²) in [7, 11) is 4.92. The van der Waals surface area contributed by atoms with E-state index in [1.165, 1.54) is 21.2 Å². The number of urea groups is 1. The van der Waals surface area contributed by atoms with E-state index in [1.54, 1.807) is 44.1 Å². The minimum atomic E-state index is -1.13. The molecular weight excluding hydrogens is 885 g/mol. The third-order valence-corrected chi connectivity index (χ3v) is 14.7. The van der Waals surface area contributed by atoms with Gasteiger partial charge in [-0.15, -0.1) is 11.3 Å². The van der Waals surface area contributed by atoms with Crippen LogP contribution in [-0.2, 0) is 48.0 Å². The molecule has 4 aromatic rings. The van der Waals surface area contributed by atoms with Crippen LogP contribution in [-0.4, -0.2) is 148 Å². The van der Waals surface area contributed by atoms with E-state index >= 15 is 0 Å². The van der Waals surface area contributed by atoms with Crippen molar-refractivity contribution in [2.75, 3.05) is 54.0 Å². The first-order valence-corrected chi connectivity index (χ1v) is 24.7. The average molecular weight is 951 g/mol. The predicted molar refractivity (Wildman–Crippen MR) is 260 cm³/mol. The molecule has 7 heterocycles. The van der Waals surface area contributed by atoms with Crippen molar-refractivity contribution in [3.63, 3.8) is 0 Å². The lowest BCUT2D eigenvalue weighted by molar-refractivity contribution is -0.155. The van der Waals surface area contributed by atoms with E-state index in [2.05, 4.69) is 72.2 Å². The number of cyclic esters (lactones) is 1. The normalized spacial score (nSPS) is 22.7. The molecule has 5 amide bonds. The maximum Gasteiger partial charge on any atom is 0.324 e. The minimum Gasteiger partial charge on any atom is -0.464 e. The number of methoxy groups -OCH3 is 1. The van der Waals surface area contributed by atoms with Crippen LogP contribution in [0.5, 0.6) is 0 Å². The molecule has 3 aromatic heterocycles. The number of nitrogens with zero attached hydrogens (tertiary/aromatic N) is 7. The number of ether oxygens (including phenoxy) is 2. The zero-order valence-corrected chi connectivity index (χ0v) is 41.4. The Morgan fingerprint density at radius 1 is 1.13 bits per heavy atom. The van der Waals surface area contributed by atoms with Gasteiger partial charge in [0.1, 0.15) is 18.1 Å². The third-order valence-electron chi connectivity index (χ3n) is 13.8. The lowest BCUT2D eigenvalue weighted by Gasteiger charge is -2.40. The van der Waals surface area contributed by atoms with E-state index in [0.29, 0.717) is 69.0 Å². The van der Waals surface area contributed by atoms with Crippen LogP contribution in [0.2, 0.25) is 0 Å². The number of piperidine rings is 1. The van der Waals surface area contributed by atoms with E-state index in [4.69, 9.17) is 19.4 Å². The highest BCUT2D eigenvalue weighted by Gasteiger charge is 2.40. The summed E-state index contributed by atoms with van der Waals surface area (Å²) in [6, 6.07) is 6.52. The molecule has 68 heavy (non-hydrogen) atoms. The van der Waals surface area contributed by atoms with Gasteiger partial charge in [-0.1, -0.05) is 26.5 Å². The topological polar surface area (TPSA) is 193 Å². The van der Waals surface area contributed by atoms with Gasteiger partial charge in [0.2, 0.25) is 11.8 Å². The molecule has 6 bridgehead atoms. The molecular formula is C50H66N10O7S. The smallest absolute Gasteiger partial charge is 0.324 e. The Labute approximate surface area is 402 Å². The molecule has 1 aromatic carbocycles. The second kappa shape index (κ2) is 20.1. The highest BCUT2D eigenvalue weighted by Crippen LogP contribution is 2.42. The summed E-state index contributed by atoms with van der Waals surface area (Å²) >= 11 is 1.39. The number of pyridine rings is 1. The number of likely N-dealkylation sites (N-methyl/N-ethyl adjacent to an activating group) is 2. The predicted octanol–water partition coefficient (Wildman–Crippen LogP) is 5.09. The zero-order valence-electron chi connectivity index (χ0n) is 40.6. The summed E-state index contributed by atoms with van der Waals surface area (Å²) in [5.41, 5.74) is 9.61. The van der Waals surface area contributed by atoms with Gasteiger partial charge in [-0.05, 0) is 88.3 Å². The van der Waals surface area contributed by atoms with Gasteiger partial charge >= 0.3 is 12.0 Å². The summed E-state index contributed by atoms with van der Waals surface area (Å²) in [5.74, 6) is -1.46. The molecule has 3 saturated heterocycles. The number of rotatable bonds is 10. The van der Waals surface area contributed by atoms with Crippen LogP contribution in [0.1, 0.15) is 82.7 Å². The van der Waals surface area contributed by atoms with Gasteiger partial charge in [-0.2, -0.15) is 0 Å². The fraction of sp³-hybridized carbons (Fsp3) is 0.540. The minimum absolute atomic E-state index is 0.0414. The average Bonchev–Trinajstić information content (AvgIpc) is 4.02. The van der Waals surface area contributed by atoms with Crippen LogP contribution in [0.25, 0.3) is 33.4 Å². The van der Waals surface area contributed by atoms with Crippen molar-refractivity contribution in [3.8, 4) is 22.5 Å². The molecule has 6 atom stereocenters. The van der Waals surface area contributed by atoms with Gasteiger partial charge in [-0.25, -0.2) is 15.2 Å². The number of hydrazine groups is 1. The molecule has 0 aliphatic carbocycles. The van der Waals surface area contributed by atoms with Crippen LogP contribution in [0.4, 0.5) is 4.79 Å². The highest BCUT2D eigenvalue weighted by molar-refractivity contribution is 7.10. The second-order valence-corrected chi connectivity index (χ2v) is 20.5. The quantitative estimate of drug-likeness (QED) is 0.109. The molecule has 0 saturated carbocycles. The summed E-state index contributed by atoms with van der Waals surface area (Å²) < 4.78 is 14.2. The van der Waals surface area contributed by atoms with Crippen molar-refractivity contribution >= 4 is 52.0 Å². The Morgan fingerprint density at radius 3 is 2.62 bits per heavy atom. The van der Waals surface area contributed by atoms with Crippen molar-refractivity contribution in [1.82, 2.24) is 50.3 Å². The van der Waals surface area contributed by atoms with Gasteiger partial charge in [0.05, 0.1) is 46.9 Å². The van der Waals surface area contributed by atoms with Crippen molar-refractivity contribution < 1.29 is 33.4 Å². The number of aromatic nitrogens is 3. The molecule has 3 N–H and O–H groups in total. The summed E-state index contributed by atoms with van der Waals surface area (Å²) in [4.78, 5) is 84.8. The first-order chi connectivity index (χ1) is 32.5. The van der Waals surface area contributed by atoms with E-state index in [9.17, 15) is 24.0 Å². The molecule has 364 valence electrons. The number of amides is 5. The Morgan fingerprint density at radius 2 is 1.90 bits per heavy atom.